The number of amides is 2. The van der Waals surface area contributed by atoms with Gasteiger partial charge in [-0.1, -0.05) is 6.07 Å². The summed E-state index contributed by atoms with van der Waals surface area (Å²) in [5.74, 6) is 0.871. The van der Waals surface area contributed by atoms with Crippen molar-refractivity contribution < 1.29 is 19.1 Å². The summed E-state index contributed by atoms with van der Waals surface area (Å²) in [6.45, 7) is 3.01. The van der Waals surface area contributed by atoms with E-state index in [1.165, 1.54) is 0 Å². The summed E-state index contributed by atoms with van der Waals surface area (Å²) in [6, 6.07) is 14.7. The maximum atomic E-state index is 13.0. The lowest BCUT2D eigenvalue weighted by Crippen LogP contribution is -2.41. The fourth-order valence-corrected chi connectivity index (χ4v) is 4.06. The predicted molar refractivity (Wildman–Crippen MR) is 125 cm³/mol. The van der Waals surface area contributed by atoms with E-state index in [4.69, 9.17) is 9.47 Å². The summed E-state index contributed by atoms with van der Waals surface area (Å²) in [5.41, 5.74) is 3.16. The normalized spacial score (nSPS) is 14.1. The molecule has 1 saturated heterocycles. The van der Waals surface area contributed by atoms with Crippen LogP contribution in [0, 0.1) is 12.8 Å². The van der Waals surface area contributed by atoms with Crippen molar-refractivity contribution in [2.24, 2.45) is 5.92 Å². The van der Waals surface area contributed by atoms with Gasteiger partial charge in [0.25, 0.3) is 5.91 Å². The van der Waals surface area contributed by atoms with Crippen LogP contribution in [-0.4, -0.2) is 53.8 Å². The molecule has 0 unspecified atom stereocenters. The van der Waals surface area contributed by atoms with Crippen molar-refractivity contribution in [2.45, 2.75) is 19.8 Å². The average molecular weight is 449 g/mol. The van der Waals surface area contributed by atoms with E-state index in [-0.39, 0.29) is 17.7 Å². The zero-order valence-electron chi connectivity index (χ0n) is 19.1. The molecule has 4 rings (SSSR count). The molecule has 8 nitrogen and oxygen atoms in total. The van der Waals surface area contributed by atoms with Crippen molar-refractivity contribution in [1.82, 2.24) is 14.7 Å². The molecule has 1 aliphatic heterocycles. The molecule has 0 atom stereocenters. The molecule has 0 saturated carbocycles. The number of rotatable bonds is 6. The van der Waals surface area contributed by atoms with Crippen LogP contribution in [0.5, 0.6) is 11.5 Å². The molecule has 0 aliphatic carbocycles. The Kier molecular flexibility index (Phi) is 6.63. The maximum absolute atomic E-state index is 13.0. The van der Waals surface area contributed by atoms with E-state index >= 15 is 0 Å². The third-order valence-corrected chi connectivity index (χ3v) is 5.94. The van der Waals surface area contributed by atoms with Gasteiger partial charge in [-0.3, -0.25) is 9.59 Å². The van der Waals surface area contributed by atoms with Crippen LogP contribution in [-0.2, 0) is 4.79 Å². The fourth-order valence-electron chi connectivity index (χ4n) is 4.06. The Labute approximate surface area is 193 Å². The molecule has 3 aromatic rings. The summed E-state index contributed by atoms with van der Waals surface area (Å²) < 4.78 is 12.4. The highest BCUT2D eigenvalue weighted by atomic mass is 16.5. The first-order chi connectivity index (χ1) is 16.0. The van der Waals surface area contributed by atoms with E-state index in [9.17, 15) is 9.59 Å². The highest BCUT2D eigenvalue weighted by Crippen LogP contribution is 2.26. The second kappa shape index (κ2) is 9.77. The number of benzene rings is 2. The lowest BCUT2D eigenvalue weighted by molar-refractivity contribution is -0.121. The van der Waals surface area contributed by atoms with Gasteiger partial charge < -0.3 is 19.7 Å². The van der Waals surface area contributed by atoms with Crippen LogP contribution in [0.4, 0.5) is 5.69 Å². The summed E-state index contributed by atoms with van der Waals surface area (Å²) in [5, 5.41) is 7.34. The van der Waals surface area contributed by atoms with Gasteiger partial charge in [0.1, 0.15) is 11.5 Å². The molecule has 1 aromatic heterocycles. The first-order valence-corrected chi connectivity index (χ1v) is 10.9. The monoisotopic (exact) mass is 448 g/mol. The summed E-state index contributed by atoms with van der Waals surface area (Å²) in [4.78, 5) is 27.6. The second-order valence-electron chi connectivity index (χ2n) is 8.09. The highest BCUT2D eigenvalue weighted by Gasteiger charge is 2.28. The molecular weight excluding hydrogens is 420 g/mol. The van der Waals surface area contributed by atoms with Crippen molar-refractivity contribution >= 4 is 17.5 Å². The Bertz CT molecular complexity index is 1130. The van der Waals surface area contributed by atoms with Crippen molar-refractivity contribution in [3.63, 3.8) is 0 Å². The van der Waals surface area contributed by atoms with E-state index in [1.807, 2.05) is 41.9 Å². The number of likely N-dealkylation sites (tertiary alicyclic amines) is 1. The van der Waals surface area contributed by atoms with E-state index < -0.39 is 0 Å². The van der Waals surface area contributed by atoms with E-state index in [0.29, 0.717) is 43.0 Å². The first-order valence-electron chi connectivity index (χ1n) is 10.9. The first kappa shape index (κ1) is 22.4. The minimum atomic E-state index is -0.149. The number of hydrogen-bond acceptors (Lipinski definition) is 5. The lowest BCUT2D eigenvalue weighted by Gasteiger charge is -2.31. The molecule has 1 fully saturated rings. The fraction of sp³-hybridized carbons (Fsp3) is 0.320. The second-order valence-corrected chi connectivity index (χ2v) is 8.09. The van der Waals surface area contributed by atoms with Gasteiger partial charge in [0.15, 0.2) is 0 Å². The van der Waals surface area contributed by atoms with Crippen LogP contribution in [0.1, 0.15) is 28.9 Å². The lowest BCUT2D eigenvalue weighted by atomic mass is 9.95. The zero-order chi connectivity index (χ0) is 23.4. The van der Waals surface area contributed by atoms with Crippen molar-refractivity contribution in [3.8, 4) is 17.2 Å². The molecule has 2 amide bonds. The van der Waals surface area contributed by atoms with Gasteiger partial charge >= 0.3 is 0 Å². The number of piperidine rings is 1. The number of hydrogen-bond donors (Lipinski definition) is 1. The molecule has 8 heteroatoms. The van der Waals surface area contributed by atoms with Gasteiger partial charge in [-0.25, -0.2) is 4.68 Å². The number of ether oxygens (including phenoxy) is 2. The third-order valence-electron chi connectivity index (χ3n) is 5.94. The minimum Gasteiger partial charge on any atom is -0.497 e. The Balaban J connectivity index is 1.37. The number of methoxy groups -OCH3 is 2. The molecule has 2 heterocycles. The molecule has 0 radical (unpaired) electrons. The maximum Gasteiger partial charge on any atom is 0.254 e. The molecule has 2 aromatic carbocycles. The highest BCUT2D eigenvalue weighted by molar-refractivity contribution is 5.96. The van der Waals surface area contributed by atoms with Crippen molar-refractivity contribution in [3.05, 3.63) is 66.0 Å². The average Bonchev–Trinajstić information content (AvgIpc) is 3.29. The van der Waals surface area contributed by atoms with Crippen LogP contribution in [0.3, 0.4) is 0 Å². The molecule has 33 heavy (non-hydrogen) atoms. The Hall–Kier alpha value is -3.81. The van der Waals surface area contributed by atoms with Crippen LogP contribution >= 0.6 is 0 Å². The van der Waals surface area contributed by atoms with E-state index in [2.05, 4.69) is 10.4 Å². The van der Waals surface area contributed by atoms with Crippen LogP contribution in [0.25, 0.3) is 5.69 Å². The van der Waals surface area contributed by atoms with Crippen molar-refractivity contribution in [1.29, 1.82) is 0 Å². The van der Waals surface area contributed by atoms with Gasteiger partial charge in [0, 0.05) is 48.2 Å². The third kappa shape index (κ3) is 5.00. The Morgan fingerprint density at radius 2 is 1.70 bits per heavy atom. The number of aryl methyl sites for hydroxylation is 1. The van der Waals surface area contributed by atoms with Crippen LogP contribution in [0.15, 0.2) is 54.7 Å². The van der Waals surface area contributed by atoms with Crippen LogP contribution < -0.4 is 14.8 Å². The number of aromatic nitrogens is 2. The van der Waals surface area contributed by atoms with Gasteiger partial charge in [-0.05, 0) is 56.2 Å². The van der Waals surface area contributed by atoms with Crippen LogP contribution in [0.2, 0.25) is 0 Å². The number of nitrogens with zero attached hydrogens (tertiary/aromatic N) is 3. The molecular formula is C25H28N4O4. The Morgan fingerprint density at radius 1 is 1.00 bits per heavy atom. The van der Waals surface area contributed by atoms with Gasteiger partial charge in [0.2, 0.25) is 5.91 Å². The number of nitrogens with one attached hydrogen (secondary N) is 1. The summed E-state index contributed by atoms with van der Waals surface area (Å²) in [6.07, 6.45) is 2.96. The summed E-state index contributed by atoms with van der Waals surface area (Å²) >= 11 is 0. The van der Waals surface area contributed by atoms with Gasteiger partial charge in [-0.2, -0.15) is 5.10 Å². The number of carbonyl (C=O) groups is 2. The largest absolute Gasteiger partial charge is 0.497 e. The zero-order valence-corrected chi connectivity index (χ0v) is 19.1. The number of anilines is 1. The van der Waals surface area contributed by atoms with E-state index in [1.54, 1.807) is 43.5 Å². The number of carbonyl (C=O) groups excluding carboxylic acids is 2. The molecule has 172 valence electrons. The topological polar surface area (TPSA) is 85.7 Å². The van der Waals surface area contributed by atoms with Gasteiger partial charge in [0.05, 0.1) is 19.9 Å². The molecule has 1 N–H and O–H groups in total. The smallest absolute Gasteiger partial charge is 0.254 e. The standard InChI is InChI=1S/C25H28N4O4/c1-17-7-10-26-29(17)21-6-4-5-20(15-21)27-24(30)18-8-11-28(12-9-18)25(31)19-13-22(32-2)16-23(14-19)33-3/h4-7,10,13-16,18H,8-9,11-12H2,1-3H3,(H,27,30). The van der Waals surface area contributed by atoms with E-state index in [0.717, 1.165) is 17.1 Å². The quantitative estimate of drug-likeness (QED) is 0.622. The van der Waals surface area contributed by atoms with Gasteiger partial charge in [-0.15, -0.1) is 0 Å². The van der Waals surface area contributed by atoms with Crippen molar-refractivity contribution in [2.75, 3.05) is 32.6 Å². The predicted octanol–water partition coefficient (Wildman–Crippen LogP) is 3.69. The minimum absolute atomic E-state index is 0.0283. The molecule has 1 aliphatic rings. The molecule has 0 spiro atoms. The summed E-state index contributed by atoms with van der Waals surface area (Å²) in [7, 11) is 3.11. The molecule has 0 bridgehead atoms. The SMILES string of the molecule is COc1cc(OC)cc(C(=O)N2CCC(C(=O)Nc3cccc(-n4nccc4C)c3)CC2)c1. The Morgan fingerprint density at radius 3 is 2.30 bits per heavy atom.